The zero-order valence-electron chi connectivity index (χ0n) is 9.75. The zero-order chi connectivity index (χ0) is 12.4. The summed E-state index contributed by atoms with van der Waals surface area (Å²) in [6.45, 7) is 4.29. The van der Waals surface area contributed by atoms with Gasteiger partial charge in [0.2, 0.25) is 0 Å². The van der Waals surface area contributed by atoms with Crippen LogP contribution in [0.25, 0.3) is 0 Å². The monoisotopic (exact) mass is 242 g/mol. The van der Waals surface area contributed by atoms with Gasteiger partial charge in [0, 0.05) is 30.9 Å². The second kappa shape index (κ2) is 4.98. The third-order valence-corrected chi connectivity index (χ3v) is 2.91. The van der Waals surface area contributed by atoms with E-state index in [0.29, 0.717) is 37.6 Å². The third kappa shape index (κ3) is 2.56. The van der Waals surface area contributed by atoms with Gasteiger partial charge in [0.05, 0.1) is 13.2 Å². The minimum Gasteiger partial charge on any atom is -0.378 e. The van der Waals surface area contributed by atoms with Crippen LogP contribution in [0.3, 0.4) is 0 Å². The molecule has 1 heterocycles. The molecule has 1 saturated heterocycles. The number of nitrogens with zero attached hydrogens (tertiary/aromatic N) is 1. The molecule has 5 heteroatoms. The molecule has 17 heavy (non-hydrogen) atoms. The highest BCUT2D eigenvalue weighted by molar-refractivity contribution is 5.55. The maximum atomic E-state index is 13.3. The van der Waals surface area contributed by atoms with Gasteiger partial charge in [0.15, 0.2) is 11.6 Å². The van der Waals surface area contributed by atoms with Gasteiger partial charge in [-0.25, -0.2) is 8.78 Å². The summed E-state index contributed by atoms with van der Waals surface area (Å²) in [6.07, 6.45) is 0. The largest absolute Gasteiger partial charge is 0.378 e. The van der Waals surface area contributed by atoms with Crippen LogP contribution >= 0.6 is 0 Å². The predicted molar refractivity (Wildman–Crippen MR) is 62.0 cm³/mol. The van der Waals surface area contributed by atoms with Crippen LogP contribution in [-0.2, 0) is 4.74 Å². The standard InChI is InChI=1S/C12H16F2N2O/c1-8(15)9-6-10(13)11(14)7-12(9)16-2-4-17-5-3-16/h6-8H,2-5,15H2,1H3. The molecule has 2 N–H and O–H groups in total. The molecule has 0 saturated carbocycles. The molecule has 1 aromatic rings. The highest BCUT2D eigenvalue weighted by Crippen LogP contribution is 2.28. The van der Waals surface area contributed by atoms with E-state index >= 15 is 0 Å². The second-order valence-corrected chi connectivity index (χ2v) is 4.21. The summed E-state index contributed by atoms with van der Waals surface area (Å²) in [5.41, 5.74) is 7.09. The maximum Gasteiger partial charge on any atom is 0.160 e. The SMILES string of the molecule is CC(N)c1cc(F)c(F)cc1N1CCOCC1. The molecule has 3 nitrogen and oxygen atoms in total. The summed E-state index contributed by atoms with van der Waals surface area (Å²) in [5.74, 6) is -1.69. The van der Waals surface area contributed by atoms with Crippen LogP contribution in [0.15, 0.2) is 12.1 Å². The van der Waals surface area contributed by atoms with Gasteiger partial charge >= 0.3 is 0 Å². The van der Waals surface area contributed by atoms with Crippen molar-refractivity contribution in [3.63, 3.8) is 0 Å². The van der Waals surface area contributed by atoms with Crippen molar-refractivity contribution in [2.75, 3.05) is 31.2 Å². The Morgan fingerprint density at radius 1 is 1.24 bits per heavy atom. The average Bonchev–Trinajstić information content (AvgIpc) is 2.33. The minimum absolute atomic E-state index is 0.331. The summed E-state index contributed by atoms with van der Waals surface area (Å²) in [4.78, 5) is 1.98. The lowest BCUT2D eigenvalue weighted by atomic mass is 10.0. The van der Waals surface area contributed by atoms with E-state index in [4.69, 9.17) is 10.5 Å². The van der Waals surface area contributed by atoms with Crippen molar-refractivity contribution in [1.29, 1.82) is 0 Å². The Hall–Kier alpha value is -1.20. The van der Waals surface area contributed by atoms with Crippen molar-refractivity contribution in [2.45, 2.75) is 13.0 Å². The number of rotatable bonds is 2. The van der Waals surface area contributed by atoms with Gasteiger partial charge < -0.3 is 15.4 Å². The van der Waals surface area contributed by atoms with E-state index in [1.165, 1.54) is 12.1 Å². The number of anilines is 1. The minimum atomic E-state index is -0.852. The first-order chi connectivity index (χ1) is 8.09. The summed E-state index contributed by atoms with van der Waals surface area (Å²) in [7, 11) is 0. The van der Waals surface area contributed by atoms with Crippen LogP contribution in [-0.4, -0.2) is 26.3 Å². The van der Waals surface area contributed by atoms with Crippen molar-refractivity contribution in [3.8, 4) is 0 Å². The third-order valence-electron chi connectivity index (χ3n) is 2.91. The van der Waals surface area contributed by atoms with Gasteiger partial charge in [-0.15, -0.1) is 0 Å². The molecular formula is C12H16F2N2O. The number of hydrogen-bond donors (Lipinski definition) is 1. The van der Waals surface area contributed by atoms with E-state index < -0.39 is 11.6 Å². The number of hydrogen-bond acceptors (Lipinski definition) is 3. The van der Waals surface area contributed by atoms with Crippen LogP contribution in [0.2, 0.25) is 0 Å². The smallest absolute Gasteiger partial charge is 0.160 e. The lowest BCUT2D eigenvalue weighted by Gasteiger charge is -2.31. The quantitative estimate of drug-likeness (QED) is 0.859. The Kier molecular flexibility index (Phi) is 3.59. The first-order valence-corrected chi connectivity index (χ1v) is 5.67. The van der Waals surface area contributed by atoms with Gasteiger partial charge in [-0.05, 0) is 18.6 Å². The summed E-state index contributed by atoms with van der Waals surface area (Å²) in [5, 5.41) is 0. The predicted octanol–water partition coefficient (Wildman–Crippen LogP) is 1.82. The Morgan fingerprint density at radius 2 is 1.82 bits per heavy atom. The van der Waals surface area contributed by atoms with Gasteiger partial charge in [-0.1, -0.05) is 0 Å². The van der Waals surface area contributed by atoms with Crippen molar-refractivity contribution in [3.05, 3.63) is 29.3 Å². The van der Waals surface area contributed by atoms with E-state index in [1.54, 1.807) is 6.92 Å². The number of nitrogens with two attached hydrogens (primary N) is 1. The Bertz CT molecular complexity index is 404. The fraction of sp³-hybridized carbons (Fsp3) is 0.500. The number of benzene rings is 1. The van der Waals surface area contributed by atoms with Crippen LogP contribution in [0, 0.1) is 11.6 Å². The fourth-order valence-electron chi connectivity index (χ4n) is 1.99. The number of morpholine rings is 1. The molecule has 94 valence electrons. The maximum absolute atomic E-state index is 13.3. The normalized spacial score (nSPS) is 18.2. The van der Waals surface area contributed by atoms with Crippen molar-refractivity contribution >= 4 is 5.69 Å². The van der Waals surface area contributed by atoms with Crippen molar-refractivity contribution in [2.24, 2.45) is 5.73 Å². The molecule has 0 spiro atoms. The second-order valence-electron chi connectivity index (χ2n) is 4.21. The molecule has 0 bridgehead atoms. The summed E-state index contributed by atoms with van der Waals surface area (Å²) in [6, 6.07) is 2.08. The van der Waals surface area contributed by atoms with E-state index in [-0.39, 0.29) is 6.04 Å². The van der Waals surface area contributed by atoms with Crippen LogP contribution < -0.4 is 10.6 Å². The van der Waals surface area contributed by atoms with Gasteiger partial charge in [-0.3, -0.25) is 0 Å². The Balaban J connectivity index is 2.39. The number of halogens is 2. The summed E-state index contributed by atoms with van der Waals surface area (Å²) < 4.78 is 31.8. The molecule has 0 radical (unpaired) electrons. The molecule has 0 aromatic heterocycles. The molecule has 1 aliphatic heterocycles. The van der Waals surface area contributed by atoms with Crippen molar-refractivity contribution in [1.82, 2.24) is 0 Å². The average molecular weight is 242 g/mol. The van der Waals surface area contributed by atoms with E-state index in [9.17, 15) is 8.78 Å². The number of ether oxygens (including phenoxy) is 1. The Morgan fingerprint density at radius 3 is 2.41 bits per heavy atom. The molecule has 0 aliphatic carbocycles. The summed E-state index contributed by atoms with van der Waals surface area (Å²) >= 11 is 0. The molecule has 1 unspecified atom stereocenters. The highest BCUT2D eigenvalue weighted by atomic mass is 19.2. The van der Waals surface area contributed by atoms with E-state index in [2.05, 4.69) is 0 Å². The molecule has 1 fully saturated rings. The molecule has 1 aliphatic rings. The van der Waals surface area contributed by atoms with Crippen LogP contribution in [0.5, 0.6) is 0 Å². The molecule has 0 amide bonds. The van der Waals surface area contributed by atoms with Gasteiger partial charge in [0.1, 0.15) is 0 Å². The molecular weight excluding hydrogens is 226 g/mol. The van der Waals surface area contributed by atoms with Crippen LogP contribution in [0.4, 0.5) is 14.5 Å². The first-order valence-electron chi connectivity index (χ1n) is 5.67. The van der Waals surface area contributed by atoms with Gasteiger partial charge in [0.25, 0.3) is 0 Å². The molecule has 1 atom stereocenters. The van der Waals surface area contributed by atoms with Crippen LogP contribution in [0.1, 0.15) is 18.5 Å². The van der Waals surface area contributed by atoms with Crippen molar-refractivity contribution < 1.29 is 13.5 Å². The highest BCUT2D eigenvalue weighted by Gasteiger charge is 2.19. The lowest BCUT2D eigenvalue weighted by Crippen LogP contribution is -2.37. The molecule has 2 rings (SSSR count). The Labute approximate surface area is 99.2 Å². The fourth-order valence-corrected chi connectivity index (χ4v) is 1.99. The van der Waals surface area contributed by atoms with E-state index in [0.717, 1.165) is 0 Å². The van der Waals surface area contributed by atoms with Gasteiger partial charge in [-0.2, -0.15) is 0 Å². The molecule has 1 aromatic carbocycles. The zero-order valence-corrected chi connectivity index (χ0v) is 9.75. The topological polar surface area (TPSA) is 38.5 Å². The lowest BCUT2D eigenvalue weighted by molar-refractivity contribution is 0.122. The van der Waals surface area contributed by atoms with E-state index in [1.807, 2.05) is 4.90 Å². The first kappa shape index (κ1) is 12.3.